The summed E-state index contributed by atoms with van der Waals surface area (Å²) >= 11 is 5.85. The van der Waals surface area contributed by atoms with Gasteiger partial charge in [-0.1, -0.05) is 49.8 Å². The van der Waals surface area contributed by atoms with Gasteiger partial charge < -0.3 is 0 Å². The molecule has 2 aromatic rings. The molecule has 0 saturated heterocycles. The van der Waals surface area contributed by atoms with Crippen LogP contribution in [0.2, 0.25) is 5.02 Å². The van der Waals surface area contributed by atoms with Crippen LogP contribution in [0.1, 0.15) is 53.7 Å². The van der Waals surface area contributed by atoms with E-state index in [4.69, 9.17) is 11.6 Å². The molecule has 0 radical (unpaired) electrons. The third-order valence-corrected chi connectivity index (χ3v) is 4.66. The first kappa shape index (κ1) is 15.2. The SMILES string of the molecule is O=C(c1ccc(Cl)cc1)c1ccc(CC2CCCCC2)cn1. The second-order valence-electron chi connectivity index (χ2n) is 6.10. The molecule has 1 heterocycles. The molecule has 1 saturated carbocycles. The molecule has 1 fully saturated rings. The first-order valence-electron chi connectivity index (χ1n) is 7.97. The van der Waals surface area contributed by atoms with Crippen LogP contribution in [0.5, 0.6) is 0 Å². The van der Waals surface area contributed by atoms with Crippen LogP contribution in [0, 0.1) is 5.92 Å². The van der Waals surface area contributed by atoms with Crippen molar-refractivity contribution in [2.75, 3.05) is 0 Å². The van der Waals surface area contributed by atoms with Crippen LogP contribution in [0.4, 0.5) is 0 Å². The number of halogens is 1. The molecule has 1 aliphatic rings. The molecular formula is C19H20ClNO. The lowest BCUT2D eigenvalue weighted by Gasteiger charge is -2.21. The molecule has 0 atom stereocenters. The Morgan fingerprint density at radius 3 is 2.41 bits per heavy atom. The van der Waals surface area contributed by atoms with Gasteiger partial charge in [-0.3, -0.25) is 9.78 Å². The second-order valence-corrected chi connectivity index (χ2v) is 6.53. The zero-order valence-corrected chi connectivity index (χ0v) is 13.4. The Balaban J connectivity index is 1.68. The van der Waals surface area contributed by atoms with Crippen molar-refractivity contribution in [3.8, 4) is 0 Å². The van der Waals surface area contributed by atoms with E-state index >= 15 is 0 Å². The van der Waals surface area contributed by atoms with Gasteiger partial charge in [0.05, 0.1) is 0 Å². The molecule has 1 aromatic heterocycles. The smallest absolute Gasteiger partial charge is 0.211 e. The maximum atomic E-state index is 12.4. The fraction of sp³-hybridized carbons (Fsp3) is 0.368. The number of hydrogen-bond acceptors (Lipinski definition) is 2. The van der Waals surface area contributed by atoms with Crippen molar-refractivity contribution >= 4 is 17.4 Å². The van der Waals surface area contributed by atoms with Crippen LogP contribution in [-0.4, -0.2) is 10.8 Å². The molecule has 1 aromatic carbocycles. The van der Waals surface area contributed by atoms with Crippen molar-refractivity contribution < 1.29 is 4.79 Å². The minimum atomic E-state index is -0.0547. The van der Waals surface area contributed by atoms with Crippen molar-refractivity contribution in [1.29, 1.82) is 0 Å². The van der Waals surface area contributed by atoms with E-state index in [1.54, 1.807) is 24.3 Å². The van der Waals surface area contributed by atoms with Crippen molar-refractivity contribution in [2.45, 2.75) is 38.5 Å². The molecule has 1 aliphatic carbocycles. The topological polar surface area (TPSA) is 30.0 Å². The fourth-order valence-electron chi connectivity index (χ4n) is 3.15. The number of pyridine rings is 1. The van der Waals surface area contributed by atoms with E-state index in [2.05, 4.69) is 4.98 Å². The van der Waals surface area contributed by atoms with E-state index in [9.17, 15) is 4.79 Å². The number of carbonyl (C=O) groups is 1. The van der Waals surface area contributed by atoms with Crippen molar-refractivity contribution in [3.05, 3.63) is 64.4 Å². The van der Waals surface area contributed by atoms with Gasteiger partial charge in [-0.05, 0) is 48.2 Å². The van der Waals surface area contributed by atoms with Gasteiger partial charge in [0.2, 0.25) is 5.78 Å². The average Bonchev–Trinajstić information content (AvgIpc) is 2.57. The number of aromatic nitrogens is 1. The van der Waals surface area contributed by atoms with Crippen LogP contribution in [-0.2, 0) is 6.42 Å². The summed E-state index contributed by atoms with van der Waals surface area (Å²) in [5.74, 6) is 0.731. The second kappa shape index (κ2) is 7.06. The summed E-state index contributed by atoms with van der Waals surface area (Å²) in [7, 11) is 0. The van der Waals surface area contributed by atoms with Crippen molar-refractivity contribution in [2.24, 2.45) is 5.92 Å². The van der Waals surface area contributed by atoms with Crippen molar-refractivity contribution in [3.63, 3.8) is 0 Å². The molecule has 0 N–H and O–H groups in total. The molecule has 0 unspecified atom stereocenters. The summed E-state index contributed by atoms with van der Waals surface area (Å²) in [6, 6.07) is 10.8. The van der Waals surface area contributed by atoms with E-state index in [0.29, 0.717) is 16.3 Å². The number of rotatable bonds is 4. The summed E-state index contributed by atoms with van der Waals surface area (Å²) in [6.45, 7) is 0. The van der Waals surface area contributed by atoms with Crippen LogP contribution < -0.4 is 0 Å². The van der Waals surface area contributed by atoms with E-state index in [0.717, 1.165) is 12.3 Å². The minimum absolute atomic E-state index is 0.0547. The molecule has 2 nitrogen and oxygen atoms in total. The van der Waals surface area contributed by atoms with Crippen LogP contribution in [0.3, 0.4) is 0 Å². The highest BCUT2D eigenvalue weighted by Gasteiger charge is 2.15. The summed E-state index contributed by atoms with van der Waals surface area (Å²) in [5, 5.41) is 0.632. The molecule has 0 aliphatic heterocycles. The number of nitrogens with zero attached hydrogens (tertiary/aromatic N) is 1. The van der Waals surface area contributed by atoms with Gasteiger partial charge in [0, 0.05) is 16.8 Å². The van der Waals surface area contributed by atoms with E-state index in [1.807, 2.05) is 18.3 Å². The quantitative estimate of drug-likeness (QED) is 0.736. The maximum Gasteiger partial charge on any atom is 0.211 e. The normalized spacial score (nSPS) is 15.7. The van der Waals surface area contributed by atoms with E-state index in [-0.39, 0.29) is 5.78 Å². The zero-order valence-electron chi connectivity index (χ0n) is 12.6. The fourth-order valence-corrected chi connectivity index (χ4v) is 3.28. The van der Waals surface area contributed by atoms with Gasteiger partial charge in [0.25, 0.3) is 0 Å². The molecule has 3 rings (SSSR count). The number of ketones is 1. The van der Waals surface area contributed by atoms with Gasteiger partial charge in [0.15, 0.2) is 0 Å². The Hall–Kier alpha value is -1.67. The summed E-state index contributed by atoms with van der Waals surface area (Å²) in [5.41, 5.74) is 2.35. The van der Waals surface area contributed by atoms with Gasteiger partial charge in [-0.25, -0.2) is 0 Å². The van der Waals surface area contributed by atoms with Crippen molar-refractivity contribution in [1.82, 2.24) is 4.98 Å². The number of hydrogen-bond donors (Lipinski definition) is 0. The minimum Gasteiger partial charge on any atom is -0.287 e. The Morgan fingerprint density at radius 1 is 1.05 bits per heavy atom. The Morgan fingerprint density at radius 2 is 1.77 bits per heavy atom. The Bertz CT molecular complexity index is 627. The molecule has 0 spiro atoms. The van der Waals surface area contributed by atoms with Gasteiger partial charge in [-0.15, -0.1) is 0 Å². The van der Waals surface area contributed by atoms with E-state index < -0.39 is 0 Å². The molecule has 22 heavy (non-hydrogen) atoms. The van der Waals surface area contributed by atoms with Crippen LogP contribution in [0.15, 0.2) is 42.6 Å². The predicted octanol–water partition coefficient (Wildman–Crippen LogP) is 5.09. The predicted molar refractivity (Wildman–Crippen MR) is 89.4 cm³/mol. The first-order chi connectivity index (χ1) is 10.7. The van der Waals surface area contributed by atoms with Gasteiger partial charge in [0.1, 0.15) is 5.69 Å². The van der Waals surface area contributed by atoms with E-state index in [1.165, 1.54) is 37.7 Å². The van der Waals surface area contributed by atoms with Crippen LogP contribution >= 0.6 is 11.6 Å². The highest BCUT2D eigenvalue weighted by molar-refractivity contribution is 6.30. The Labute approximate surface area is 136 Å². The lowest BCUT2D eigenvalue weighted by Crippen LogP contribution is -2.10. The Kier molecular flexibility index (Phi) is 4.89. The average molecular weight is 314 g/mol. The summed E-state index contributed by atoms with van der Waals surface area (Å²) in [4.78, 5) is 16.7. The first-order valence-corrected chi connectivity index (χ1v) is 8.35. The van der Waals surface area contributed by atoms with Gasteiger partial charge in [-0.2, -0.15) is 0 Å². The van der Waals surface area contributed by atoms with Crippen LogP contribution in [0.25, 0.3) is 0 Å². The largest absolute Gasteiger partial charge is 0.287 e. The molecule has 3 heteroatoms. The van der Waals surface area contributed by atoms with Gasteiger partial charge >= 0.3 is 0 Å². The molecule has 0 bridgehead atoms. The summed E-state index contributed by atoms with van der Waals surface area (Å²) in [6.07, 6.45) is 9.68. The highest BCUT2D eigenvalue weighted by Crippen LogP contribution is 2.26. The standard InChI is InChI=1S/C19H20ClNO/c20-17-9-7-16(8-10-17)19(22)18-11-6-15(13-21-18)12-14-4-2-1-3-5-14/h6-11,13-14H,1-5,12H2. The molecule has 0 amide bonds. The monoisotopic (exact) mass is 313 g/mol. The molecular weight excluding hydrogens is 294 g/mol. The lowest BCUT2D eigenvalue weighted by molar-refractivity contribution is 0.103. The third kappa shape index (κ3) is 3.75. The summed E-state index contributed by atoms with van der Waals surface area (Å²) < 4.78 is 0. The highest BCUT2D eigenvalue weighted by atomic mass is 35.5. The zero-order chi connectivity index (χ0) is 15.4. The molecule has 114 valence electrons. The number of benzene rings is 1. The maximum absolute atomic E-state index is 12.4. The number of carbonyl (C=O) groups excluding carboxylic acids is 1. The third-order valence-electron chi connectivity index (χ3n) is 4.41. The lowest BCUT2D eigenvalue weighted by atomic mass is 9.85.